The minimum absolute atomic E-state index is 0.805. The van der Waals surface area contributed by atoms with E-state index in [0.29, 0.717) is 0 Å². The van der Waals surface area contributed by atoms with E-state index in [-0.39, 0.29) is 0 Å². The van der Waals surface area contributed by atoms with E-state index in [1.165, 1.54) is 22.3 Å². The highest BCUT2D eigenvalue weighted by molar-refractivity contribution is 5.72. The summed E-state index contributed by atoms with van der Waals surface area (Å²) in [4.78, 5) is 0. The van der Waals surface area contributed by atoms with Gasteiger partial charge in [0.25, 0.3) is 0 Å². The summed E-state index contributed by atoms with van der Waals surface area (Å²) in [5.74, 6) is 1.04. The van der Waals surface area contributed by atoms with E-state index in [1.807, 2.05) is 0 Å². The Morgan fingerprint density at radius 2 is 1.93 bits per heavy atom. The summed E-state index contributed by atoms with van der Waals surface area (Å²) < 4.78 is 5.73. The van der Waals surface area contributed by atoms with Gasteiger partial charge in [-0.3, -0.25) is 0 Å². The van der Waals surface area contributed by atoms with Gasteiger partial charge in [-0.15, -0.1) is 0 Å². The van der Waals surface area contributed by atoms with Crippen LogP contribution < -0.4 is 4.74 Å². The summed E-state index contributed by atoms with van der Waals surface area (Å²) in [7, 11) is 0. The Labute approximate surface area is 85.4 Å². The lowest BCUT2D eigenvalue weighted by Crippen LogP contribution is -1.96. The second-order valence-electron chi connectivity index (χ2n) is 4.00. The van der Waals surface area contributed by atoms with Gasteiger partial charge in [0.05, 0.1) is 6.61 Å². The number of rotatable bonds is 0. The van der Waals surface area contributed by atoms with Gasteiger partial charge < -0.3 is 4.74 Å². The predicted molar refractivity (Wildman–Crippen MR) is 59.6 cm³/mol. The number of benzene rings is 1. The number of hydrogen-bond donors (Lipinski definition) is 0. The summed E-state index contributed by atoms with van der Waals surface area (Å²) in [5, 5.41) is 0. The predicted octanol–water partition coefficient (Wildman–Crippen LogP) is 3.57. The van der Waals surface area contributed by atoms with Crippen molar-refractivity contribution in [2.75, 3.05) is 6.61 Å². The first-order chi connectivity index (χ1) is 6.68. The molecule has 0 spiro atoms. The molecule has 0 fully saturated rings. The Kier molecular flexibility index (Phi) is 2.32. The topological polar surface area (TPSA) is 9.23 Å². The molecule has 1 aromatic rings. The molecule has 1 aromatic carbocycles. The summed E-state index contributed by atoms with van der Waals surface area (Å²) >= 11 is 0. The summed E-state index contributed by atoms with van der Waals surface area (Å²) in [6.07, 6.45) is 1.04. The average molecular weight is 188 g/mol. The molecular formula is C13H16O. The van der Waals surface area contributed by atoms with Gasteiger partial charge in [-0.1, -0.05) is 17.7 Å². The fraction of sp³-hybridized carbons (Fsp3) is 0.385. The lowest BCUT2D eigenvalue weighted by Gasteiger charge is -2.08. The molecule has 1 nitrogen and oxygen atoms in total. The van der Waals surface area contributed by atoms with Crippen LogP contribution in [-0.4, -0.2) is 6.61 Å². The third-order valence-electron chi connectivity index (χ3n) is 2.92. The lowest BCUT2D eigenvalue weighted by atomic mass is 10.00. The van der Waals surface area contributed by atoms with Gasteiger partial charge in [0.1, 0.15) is 5.75 Å². The molecule has 0 aliphatic carbocycles. The van der Waals surface area contributed by atoms with Crippen LogP contribution in [0.3, 0.4) is 0 Å². The molecule has 1 aliphatic rings. The summed E-state index contributed by atoms with van der Waals surface area (Å²) in [5.41, 5.74) is 5.33. The fourth-order valence-corrected chi connectivity index (χ4v) is 1.79. The Morgan fingerprint density at radius 3 is 2.71 bits per heavy atom. The number of ether oxygens (including phenoxy) is 1. The molecule has 0 amide bonds. The number of fused-ring (bicyclic) bond motifs is 1. The van der Waals surface area contributed by atoms with Crippen LogP contribution in [0.25, 0.3) is 5.57 Å². The number of allylic oxidation sites excluding steroid dienone is 1. The first-order valence-corrected chi connectivity index (χ1v) is 5.08. The van der Waals surface area contributed by atoms with Crippen molar-refractivity contribution in [3.63, 3.8) is 0 Å². The minimum atomic E-state index is 0.805. The molecule has 0 bridgehead atoms. The third kappa shape index (κ3) is 1.54. The molecule has 1 aliphatic heterocycles. The van der Waals surface area contributed by atoms with Crippen molar-refractivity contribution in [1.29, 1.82) is 0 Å². The van der Waals surface area contributed by atoms with E-state index in [4.69, 9.17) is 4.74 Å². The van der Waals surface area contributed by atoms with Crippen molar-refractivity contribution in [2.24, 2.45) is 0 Å². The molecule has 0 saturated heterocycles. The zero-order chi connectivity index (χ0) is 10.1. The smallest absolute Gasteiger partial charge is 0.127 e. The van der Waals surface area contributed by atoms with Crippen molar-refractivity contribution in [3.8, 4) is 5.75 Å². The van der Waals surface area contributed by atoms with Crippen LogP contribution in [0.5, 0.6) is 5.75 Å². The van der Waals surface area contributed by atoms with Gasteiger partial charge in [0.15, 0.2) is 0 Å². The zero-order valence-corrected chi connectivity index (χ0v) is 9.05. The number of hydrogen-bond acceptors (Lipinski definition) is 1. The monoisotopic (exact) mass is 188 g/mol. The van der Waals surface area contributed by atoms with Gasteiger partial charge in [-0.05, 0) is 38.0 Å². The first kappa shape index (κ1) is 9.32. The standard InChI is InChI=1S/C13H16O/c1-9-4-5-12-11(3)10(2)6-7-14-13(12)8-9/h4-5,8H,6-7H2,1-3H3. The summed E-state index contributed by atoms with van der Waals surface area (Å²) in [6, 6.07) is 6.43. The minimum Gasteiger partial charge on any atom is -0.493 e. The zero-order valence-electron chi connectivity index (χ0n) is 9.05. The molecule has 0 atom stereocenters. The van der Waals surface area contributed by atoms with Crippen LogP contribution >= 0.6 is 0 Å². The normalized spacial score (nSPS) is 15.9. The maximum Gasteiger partial charge on any atom is 0.127 e. The maximum atomic E-state index is 5.73. The highest BCUT2D eigenvalue weighted by atomic mass is 16.5. The average Bonchev–Trinajstić information content (AvgIpc) is 2.28. The Balaban J connectivity index is 2.57. The molecule has 1 heterocycles. The molecule has 0 radical (unpaired) electrons. The van der Waals surface area contributed by atoms with Crippen LogP contribution in [0, 0.1) is 6.92 Å². The van der Waals surface area contributed by atoms with Crippen molar-refractivity contribution >= 4 is 5.57 Å². The molecule has 0 aromatic heterocycles. The molecular weight excluding hydrogens is 172 g/mol. The second-order valence-corrected chi connectivity index (χ2v) is 4.00. The molecule has 2 rings (SSSR count). The largest absolute Gasteiger partial charge is 0.493 e. The third-order valence-corrected chi connectivity index (χ3v) is 2.92. The van der Waals surface area contributed by atoms with Gasteiger partial charge in [0, 0.05) is 12.0 Å². The molecule has 0 saturated carbocycles. The van der Waals surface area contributed by atoms with E-state index in [0.717, 1.165) is 18.8 Å². The van der Waals surface area contributed by atoms with Crippen LogP contribution in [0.2, 0.25) is 0 Å². The van der Waals surface area contributed by atoms with Crippen molar-refractivity contribution in [3.05, 3.63) is 34.9 Å². The Hall–Kier alpha value is -1.24. The Morgan fingerprint density at radius 1 is 1.14 bits per heavy atom. The van der Waals surface area contributed by atoms with Crippen LogP contribution in [0.15, 0.2) is 23.8 Å². The molecule has 14 heavy (non-hydrogen) atoms. The van der Waals surface area contributed by atoms with Gasteiger partial charge in [-0.25, -0.2) is 0 Å². The van der Waals surface area contributed by atoms with Crippen LogP contribution in [0.1, 0.15) is 31.4 Å². The second kappa shape index (κ2) is 3.49. The van der Waals surface area contributed by atoms with E-state index < -0.39 is 0 Å². The van der Waals surface area contributed by atoms with E-state index >= 15 is 0 Å². The van der Waals surface area contributed by atoms with E-state index in [1.54, 1.807) is 0 Å². The van der Waals surface area contributed by atoms with Crippen molar-refractivity contribution in [2.45, 2.75) is 27.2 Å². The van der Waals surface area contributed by atoms with Crippen molar-refractivity contribution < 1.29 is 4.74 Å². The van der Waals surface area contributed by atoms with E-state index in [2.05, 4.69) is 39.0 Å². The lowest BCUT2D eigenvalue weighted by molar-refractivity contribution is 0.323. The molecule has 1 heteroatoms. The SMILES string of the molecule is CC1=C(C)c2ccc(C)cc2OCC1. The number of aryl methyl sites for hydroxylation is 1. The molecule has 0 N–H and O–H groups in total. The van der Waals surface area contributed by atoms with Gasteiger partial charge in [0.2, 0.25) is 0 Å². The fourth-order valence-electron chi connectivity index (χ4n) is 1.79. The maximum absolute atomic E-state index is 5.73. The van der Waals surface area contributed by atoms with Crippen LogP contribution in [-0.2, 0) is 0 Å². The van der Waals surface area contributed by atoms with Gasteiger partial charge >= 0.3 is 0 Å². The molecule has 74 valence electrons. The Bertz CT molecular complexity index is 388. The van der Waals surface area contributed by atoms with Crippen LogP contribution in [0.4, 0.5) is 0 Å². The highest BCUT2D eigenvalue weighted by Gasteiger charge is 2.12. The molecule has 0 unspecified atom stereocenters. The highest BCUT2D eigenvalue weighted by Crippen LogP contribution is 2.32. The van der Waals surface area contributed by atoms with E-state index in [9.17, 15) is 0 Å². The van der Waals surface area contributed by atoms with Crippen molar-refractivity contribution in [1.82, 2.24) is 0 Å². The summed E-state index contributed by atoms with van der Waals surface area (Å²) in [6.45, 7) is 7.27. The van der Waals surface area contributed by atoms with Gasteiger partial charge in [-0.2, -0.15) is 0 Å². The first-order valence-electron chi connectivity index (χ1n) is 5.08. The quantitative estimate of drug-likeness (QED) is 0.604.